The highest BCUT2D eigenvalue weighted by atomic mass is 15.3. The van der Waals surface area contributed by atoms with Gasteiger partial charge in [-0.3, -0.25) is 5.84 Å². The summed E-state index contributed by atoms with van der Waals surface area (Å²) in [5.74, 6) is 7.41. The van der Waals surface area contributed by atoms with Crippen LogP contribution in [-0.4, -0.2) is 6.17 Å². The van der Waals surface area contributed by atoms with Crippen molar-refractivity contribution in [3.8, 4) is 0 Å². The summed E-state index contributed by atoms with van der Waals surface area (Å²) in [4.78, 5) is 0. The summed E-state index contributed by atoms with van der Waals surface area (Å²) in [7, 11) is 0. The van der Waals surface area contributed by atoms with Gasteiger partial charge in [0.15, 0.2) is 0 Å². The van der Waals surface area contributed by atoms with Crippen molar-refractivity contribution in [2.24, 2.45) is 34.7 Å². The van der Waals surface area contributed by atoms with E-state index in [1.165, 1.54) is 12.8 Å². The van der Waals surface area contributed by atoms with Crippen LogP contribution < -0.4 is 17.0 Å². The molecule has 3 heteroatoms. The Morgan fingerprint density at radius 1 is 1.43 bits per heavy atom. The van der Waals surface area contributed by atoms with E-state index in [9.17, 15) is 0 Å². The third-order valence-corrected chi connectivity index (χ3v) is 4.62. The molecule has 0 aromatic carbocycles. The Morgan fingerprint density at radius 3 is 2.36 bits per heavy atom. The van der Waals surface area contributed by atoms with E-state index in [0.717, 1.165) is 5.92 Å². The zero-order valence-corrected chi connectivity index (χ0v) is 9.88. The average molecular weight is 199 g/mol. The van der Waals surface area contributed by atoms with Crippen LogP contribution in [0.4, 0.5) is 0 Å². The van der Waals surface area contributed by atoms with E-state index in [1.807, 2.05) is 0 Å². The molecule has 0 saturated heterocycles. The summed E-state index contributed by atoms with van der Waals surface area (Å²) in [5, 5.41) is 0. The minimum absolute atomic E-state index is 0.0426. The summed E-state index contributed by atoms with van der Waals surface area (Å²) in [6.07, 6.45) is 2.40. The predicted octanol–water partition coefficient (Wildman–Crippen LogP) is 1.44. The van der Waals surface area contributed by atoms with Crippen molar-refractivity contribution < 1.29 is 0 Å². The lowest BCUT2D eigenvalue weighted by molar-refractivity contribution is 0.249. The molecule has 5 N–H and O–H groups in total. The predicted molar refractivity (Wildman–Crippen MR) is 60.1 cm³/mol. The van der Waals surface area contributed by atoms with E-state index in [0.29, 0.717) is 17.3 Å². The van der Waals surface area contributed by atoms with E-state index in [2.05, 4.69) is 33.1 Å². The number of hydrazine groups is 1. The molecule has 1 fully saturated rings. The molecule has 14 heavy (non-hydrogen) atoms. The molecule has 0 heterocycles. The van der Waals surface area contributed by atoms with Crippen molar-refractivity contribution in [2.45, 2.75) is 46.7 Å². The summed E-state index contributed by atoms with van der Waals surface area (Å²) >= 11 is 0. The topological polar surface area (TPSA) is 64.1 Å². The first-order valence-electron chi connectivity index (χ1n) is 5.77. The molecule has 0 bridgehead atoms. The second-order valence-corrected chi connectivity index (χ2v) is 4.78. The van der Waals surface area contributed by atoms with Gasteiger partial charge in [0.1, 0.15) is 0 Å². The second-order valence-electron chi connectivity index (χ2n) is 4.78. The zero-order chi connectivity index (χ0) is 10.9. The summed E-state index contributed by atoms with van der Waals surface area (Å²) in [5.41, 5.74) is 9.11. The summed E-state index contributed by atoms with van der Waals surface area (Å²) < 4.78 is 0. The van der Waals surface area contributed by atoms with Gasteiger partial charge >= 0.3 is 0 Å². The van der Waals surface area contributed by atoms with Gasteiger partial charge in [-0.05, 0) is 29.6 Å². The van der Waals surface area contributed by atoms with Gasteiger partial charge in [-0.2, -0.15) is 0 Å². The molecule has 5 atom stereocenters. The summed E-state index contributed by atoms with van der Waals surface area (Å²) in [6, 6.07) is 0. The Labute approximate surface area is 87.6 Å². The first kappa shape index (κ1) is 12.0. The molecule has 3 nitrogen and oxygen atoms in total. The highest BCUT2D eigenvalue weighted by Crippen LogP contribution is 2.66. The van der Waals surface area contributed by atoms with E-state index in [4.69, 9.17) is 11.6 Å². The normalized spacial score (nSPS) is 40.7. The number of hydrogen-bond acceptors (Lipinski definition) is 3. The van der Waals surface area contributed by atoms with Gasteiger partial charge in [0, 0.05) is 0 Å². The van der Waals surface area contributed by atoms with Gasteiger partial charge in [-0.1, -0.05) is 34.1 Å². The molecule has 0 radical (unpaired) electrons. The Balaban J connectivity index is 2.74. The quantitative estimate of drug-likeness (QED) is 0.357. The molecule has 5 unspecified atom stereocenters. The maximum Gasteiger partial charge on any atom is 0.0713 e. The molecular formula is C11H25N3. The SMILES string of the molecule is CCC(C)C1(CC)C(C)C1C(N)NN. The highest BCUT2D eigenvalue weighted by molar-refractivity contribution is 5.12. The molecule has 1 aliphatic carbocycles. The van der Waals surface area contributed by atoms with Gasteiger partial charge in [0.25, 0.3) is 0 Å². The maximum atomic E-state index is 5.98. The molecule has 84 valence electrons. The van der Waals surface area contributed by atoms with Crippen molar-refractivity contribution in [1.29, 1.82) is 0 Å². The van der Waals surface area contributed by atoms with Crippen molar-refractivity contribution in [1.82, 2.24) is 5.43 Å². The number of nitrogens with two attached hydrogens (primary N) is 2. The van der Waals surface area contributed by atoms with Crippen molar-refractivity contribution >= 4 is 0 Å². The lowest BCUT2D eigenvalue weighted by atomic mass is 9.82. The fraction of sp³-hybridized carbons (Fsp3) is 1.00. The Bertz CT molecular complexity index is 195. The van der Waals surface area contributed by atoms with Crippen LogP contribution in [0.2, 0.25) is 0 Å². The first-order chi connectivity index (χ1) is 6.56. The van der Waals surface area contributed by atoms with Crippen LogP contribution in [0.1, 0.15) is 40.5 Å². The Morgan fingerprint density at radius 2 is 2.00 bits per heavy atom. The van der Waals surface area contributed by atoms with Crippen LogP contribution in [0.15, 0.2) is 0 Å². The highest BCUT2D eigenvalue weighted by Gasteiger charge is 2.64. The van der Waals surface area contributed by atoms with Crippen LogP contribution in [0.5, 0.6) is 0 Å². The minimum Gasteiger partial charge on any atom is -0.315 e. The van der Waals surface area contributed by atoms with Gasteiger partial charge in [0.05, 0.1) is 6.17 Å². The number of rotatable bonds is 5. The van der Waals surface area contributed by atoms with Crippen LogP contribution in [0.25, 0.3) is 0 Å². The Hall–Kier alpha value is -0.120. The number of hydrogen-bond donors (Lipinski definition) is 3. The smallest absolute Gasteiger partial charge is 0.0713 e. The maximum absolute atomic E-state index is 5.98. The third kappa shape index (κ3) is 1.47. The molecule has 0 aliphatic heterocycles. The van der Waals surface area contributed by atoms with Crippen molar-refractivity contribution in [3.63, 3.8) is 0 Å². The fourth-order valence-corrected chi connectivity index (χ4v) is 3.51. The molecule has 0 amide bonds. The molecule has 1 rings (SSSR count). The average Bonchev–Trinajstić information content (AvgIpc) is 2.82. The molecule has 1 aliphatic rings. The van der Waals surface area contributed by atoms with Crippen LogP contribution in [-0.2, 0) is 0 Å². The van der Waals surface area contributed by atoms with Crippen molar-refractivity contribution in [3.05, 3.63) is 0 Å². The second kappa shape index (κ2) is 4.17. The van der Waals surface area contributed by atoms with Crippen LogP contribution in [0, 0.1) is 23.2 Å². The molecule has 0 aromatic heterocycles. The van der Waals surface area contributed by atoms with Gasteiger partial charge in [0.2, 0.25) is 0 Å². The lowest BCUT2D eigenvalue weighted by Gasteiger charge is -2.25. The van der Waals surface area contributed by atoms with E-state index in [-0.39, 0.29) is 6.17 Å². The molecule has 0 spiro atoms. The minimum atomic E-state index is -0.0426. The molecule has 0 aromatic rings. The summed E-state index contributed by atoms with van der Waals surface area (Å²) in [6.45, 7) is 9.16. The van der Waals surface area contributed by atoms with Crippen molar-refractivity contribution in [2.75, 3.05) is 0 Å². The first-order valence-corrected chi connectivity index (χ1v) is 5.77. The van der Waals surface area contributed by atoms with Gasteiger partial charge in [-0.15, -0.1) is 0 Å². The largest absolute Gasteiger partial charge is 0.315 e. The molecular weight excluding hydrogens is 174 g/mol. The van der Waals surface area contributed by atoms with E-state index < -0.39 is 0 Å². The number of nitrogens with one attached hydrogen (secondary N) is 1. The monoisotopic (exact) mass is 199 g/mol. The van der Waals surface area contributed by atoms with E-state index in [1.54, 1.807) is 0 Å². The fourth-order valence-electron chi connectivity index (χ4n) is 3.51. The Kier molecular flexibility index (Phi) is 3.56. The van der Waals surface area contributed by atoms with Gasteiger partial charge in [-0.25, -0.2) is 5.43 Å². The third-order valence-electron chi connectivity index (χ3n) is 4.62. The standard InChI is InChI=1S/C11H25N3/c1-5-7(3)11(6-2)8(4)9(11)10(12)14-13/h7-10,14H,5-6,12-13H2,1-4H3. The van der Waals surface area contributed by atoms with Crippen LogP contribution >= 0.6 is 0 Å². The zero-order valence-electron chi connectivity index (χ0n) is 9.88. The van der Waals surface area contributed by atoms with Crippen LogP contribution in [0.3, 0.4) is 0 Å². The van der Waals surface area contributed by atoms with E-state index >= 15 is 0 Å². The van der Waals surface area contributed by atoms with Gasteiger partial charge < -0.3 is 5.73 Å². The molecule has 1 saturated carbocycles. The lowest BCUT2D eigenvalue weighted by Crippen LogP contribution is -2.45.